The summed E-state index contributed by atoms with van der Waals surface area (Å²) >= 11 is 1.36. The number of nitrogens with zero attached hydrogens (tertiary/aromatic N) is 5. The van der Waals surface area contributed by atoms with Crippen LogP contribution in [0.15, 0.2) is 29.4 Å². The SMILES string of the molecule is CCn1c(CN(c2ccc(C)cc2)S(C)(=O)=O)nnc1SCC(=O)N1CCC(C)CC1. The number of anilines is 1. The Labute approximate surface area is 189 Å². The molecule has 1 aliphatic heterocycles. The molecule has 10 heteroatoms. The number of benzene rings is 1. The Kier molecular flexibility index (Phi) is 7.64. The summed E-state index contributed by atoms with van der Waals surface area (Å²) < 4.78 is 28.1. The average Bonchev–Trinajstić information content (AvgIpc) is 3.12. The summed E-state index contributed by atoms with van der Waals surface area (Å²) in [6, 6.07) is 7.34. The van der Waals surface area contributed by atoms with E-state index in [1.54, 1.807) is 12.1 Å². The molecule has 0 saturated carbocycles. The van der Waals surface area contributed by atoms with Crippen molar-refractivity contribution in [1.29, 1.82) is 0 Å². The van der Waals surface area contributed by atoms with Gasteiger partial charge in [0.1, 0.15) is 0 Å². The summed E-state index contributed by atoms with van der Waals surface area (Å²) in [6.07, 6.45) is 3.28. The third-order valence-electron chi connectivity index (χ3n) is 5.58. The fraction of sp³-hybridized carbons (Fsp3) is 0.571. The highest BCUT2D eigenvalue weighted by molar-refractivity contribution is 7.99. The predicted octanol–water partition coefficient (Wildman–Crippen LogP) is 2.92. The second-order valence-electron chi connectivity index (χ2n) is 8.10. The number of sulfonamides is 1. The highest BCUT2D eigenvalue weighted by Crippen LogP contribution is 2.24. The van der Waals surface area contributed by atoms with Crippen LogP contribution in [0.1, 0.15) is 38.1 Å². The minimum atomic E-state index is -3.50. The van der Waals surface area contributed by atoms with Crippen molar-refractivity contribution in [3.63, 3.8) is 0 Å². The molecule has 1 aromatic heterocycles. The number of rotatable bonds is 8. The van der Waals surface area contributed by atoms with Crippen LogP contribution in [-0.4, -0.2) is 59.1 Å². The third kappa shape index (κ3) is 6.00. The van der Waals surface area contributed by atoms with Gasteiger partial charge >= 0.3 is 0 Å². The van der Waals surface area contributed by atoms with Crippen LogP contribution in [-0.2, 0) is 27.9 Å². The summed E-state index contributed by atoms with van der Waals surface area (Å²) in [7, 11) is -3.50. The molecule has 1 amide bonds. The largest absolute Gasteiger partial charge is 0.342 e. The van der Waals surface area contributed by atoms with Gasteiger partial charge in [-0.05, 0) is 44.7 Å². The number of aryl methyl sites for hydroxylation is 1. The topological polar surface area (TPSA) is 88.4 Å². The molecule has 0 aliphatic carbocycles. The number of aromatic nitrogens is 3. The van der Waals surface area contributed by atoms with Gasteiger partial charge in [-0.15, -0.1) is 10.2 Å². The maximum Gasteiger partial charge on any atom is 0.233 e. The molecular weight excluding hydrogens is 434 g/mol. The van der Waals surface area contributed by atoms with Crippen LogP contribution < -0.4 is 4.31 Å². The zero-order chi connectivity index (χ0) is 22.6. The molecule has 8 nitrogen and oxygen atoms in total. The lowest BCUT2D eigenvalue weighted by atomic mass is 9.99. The van der Waals surface area contributed by atoms with Crippen molar-refractivity contribution in [3.05, 3.63) is 35.7 Å². The number of carbonyl (C=O) groups excluding carboxylic acids is 1. The van der Waals surface area contributed by atoms with Gasteiger partial charge in [0, 0.05) is 19.6 Å². The fourth-order valence-electron chi connectivity index (χ4n) is 3.58. The van der Waals surface area contributed by atoms with Crippen molar-refractivity contribution < 1.29 is 13.2 Å². The van der Waals surface area contributed by atoms with E-state index in [-0.39, 0.29) is 12.5 Å². The van der Waals surface area contributed by atoms with E-state index in [0.29, 0.717) is 34.9 Å². The number of likely N-dealkylation sites (tertiary alicyclic amines) is 1. The van der Waals surface area contributed by atoms with Crippen molar-refractivity contribution in [2.75, 3.05) is 29.4 Å². The lowest BCUT2D eigenvalue weighted by molar-refractivity contribution is -0.129. The Balaban J connectivity index is 1.72. The van der Waals surface area contributed by atoms with E-state index in [2.05, 4.69) is 17.1 Å². The second-order valence-corrected chi connectivity index (χ2v) is 10.9. The van der Waals surface area contributed by atoms with Crippen LogP contribution in [0.25, 0.3) is 0 Å². The predicted molar refractivity (Wildman–Crippen MR) is 124 cm³/mol. The minimum Gasteiger partial charge on any atom is -0.342 e. The first kappa shape index (κ1) is 23.6. The van der Waals surface area contributed by atoms with Gasteiger partial charge in [-0.3, -0.25) is 9.10 Å². The molecule has 0 N–H and O–H groups in total. The Morgan fingerprint density at radius 1 is 1.19 bits per heavy atom. The van der Waals surface area contributed by atoms with Crippen molar-refractivity contribution in [2.45, 2.75) is 51.9 Å². The summed E-state index contributed by atoms with van der Waals surface area (Å²) in [4.78, 5) is 14.5. The first-order valence-corrected chi connectivity index (χ1v) is 13.4. The number of piperidine rings is 1. The van der Waals surface area contributed by atoms with Crippen LogP contribution in [0.2, 0.25) is 0 Å². The second kappa shape index (κ2) is 10.0. The third-order valence-corrected chi connectivity index (χ3v) is 7.67. The van der Waals surface area contributed by atoms with Crippen molar-refractivity contribution in [1.82, 2.24) is 19.7 Å². The van der Waals surface area contributed by atoms with Gasteiger partial charge in [-0.1, -0.05) is 36.4 Å². The molecule has 0 spiro atoms. The molecule has 170 valence electrons. The summed E-state index contributed by atoms with van der Waals surface area (Å²) in [5, 5.41) is 9.12. The van der Waals surface area contributed by atoms with Gasteiger partial charge in [0.05, 0.1) is 24.2 Å². The summed E-state index contributed by atoms with van der Waals surface area (Å²) in [5.74, 6) is 1.64. The molecular formula is C21H31N5O3S2. The highest BCUT2D eigenvalue weighted by atomic mass is 32.2. The quantitative estimate of drug-likeness (QED) is 0.557. The maximum absolute atomic E-state index is 12.6. The number of thioether (sulfide) groups is 1. The molecule has 0 unspecified atom stereocenters. The first-order valence-electron chi connectivity index (χ1n) is 10.6. The molecule has 3 rings (SSSR count). The summed E-state index contributed by atoms with van der Waals surface area (Å²) in [5.41, 5.74) is 1.64. The van der Waals surface area contributed by atoms with Crippen LogP contribution in [0.5, 0.6) is 0 Å². The molecule has 1 aromatic carbocycles. The van der Waals surface area contributed by atoms with E-state index < -0.39 is 10.0 Å². The Bertz CT molecular complexity index is 997. The molecule has 0 atom stereocenters. The molecule has 1 aliphatic rings. The molecule has 0 bridgehead atoms. The monoisotopic (exact) mass is 465 g/mol. The number of hydrogen-bond acceptors (Lipinski definition) is 6. The van der Waals surface area contributed by atoms with Gasteiger partial charge in [0.25, 0.3) is 0 Å². The van der Waals surface area contributed by atoms with Gasteiger partial charge in [-0.2, -0.15) is 0 Å². The number of carbonyl (C=O) groups is 1. The van der Waals surface area contributed by atoms with Crippen LogP contribution in [0.3, 0.4) is 0 Å². The molecule has 0 radical (unpaired) electrons. The first-order chi connectivity index (χ1) is 14.7. The Morgan fingerprint density at radius 3 is 2.42 bits per heavy atom. The van der Waals surface area contributed by atoms with E-state index in [1.165, 1.54) is 22.3 Å². The van der Waals surface area contributed by atoms with Crippen molar-refractivity contribution in [2.24, 2.45) is 5.92 Å². The standard InChI is InChI=1S/C21H31N5O3S2/c1-5-25-19(14-26(31(4,28)29)18-8-6-16(2)7-9-18)22-23-21(25)30-15-20(27)24-12-10-17(3)11-13-24/h6-9,17H,5,10-15H2,1-4H3. The highest BCUT2D eigenvalue weighted by Gasteiger charge is 2.24. The minimum absolute atomic E-state index is 0.0846. The van der Waals surface area contributed by atoms with E-state index >= 15 is 0 Å². The smallest absolute Gasteiger partial charge is 0.233 e. The van der Waals surface area contributed by atoms with E-state index in [9.17, 15) is 13.2 Å². The van der Waals surface area contributed by atoms with E-state index in [4.69, 9.17) is 0 Å². The number of amides is 1. The lowest BCUT2D eigenvalue weighted by Crippen LogP contribution is -2.38. The molecule has 1 fully saturated rings. The van der Waals surface area contributed by atoms with Crippen LogP contribution in [0.4, 0.5) is 5.69 Å². The molecule has 2 heterocycles. The van der Waals surface area contributed by atoms with Crippen molar-refractivity contribution in [3.8, 4) is 0 Å². The fourth-order valence-corrected chi connectivity index (χ4v) is 5.35. The molecule has 2 aromatic rings. The lowest BCUT2D eigenvalue weighted by Gasteiger charge is -2.30. The van der Waals surface area contributed by atoms with E-state index in [0.717, 1.165) is 31.5 Å². The van der Waals surface area contributed by atoms with Crippen molar-refractivity contribution >= 4 is 33.4 Å². The summed E-state index contributed by atoms with van der Waals surface area (Å²) in [6.45, 7) is 8.43. The van der Waals surface area contributed by atoms with Gasteiger partial charge in [0.2, 0.25) is 15.9 Å². The maximum atomic E-state index is 12.6. The van der Waals surface area contributed by atoms with Crippen LogP contribution >= 0.6 is 11.8 Å². The zero-order valence-electron chi connectivity index (χ0n) is 18.6. The normalized spacial score (nSPS) is 15.3. The van der Waals surface area contributed by atoms with Gasteiger partial charge in [0.15, 0.2) is 11.0 Å². The molecule has 1 saturated heterocycles. The zero-order valence-corrected chi connectivity index (χ0v) is 20.2. The Morgan fingerprint density at radius 2 is 1.84 bits per heavy atom. The number of hydrogen-bond donors (Lipinski definition) is 0. The van der Waals surface area contributed by atoms with E-state index in [1.807, 2.05) is 35.4 Å². The van der Waals surface area contributed by atoms with Crippen LogP contribution in [0, 0.1) is 12.8 Å². The van der Waals surface area contributed by atoms with Gasteiger partial charge in [-0.25, -0.2) is 8.42 Å². The average molecular weight is 466 g/mol. The molecule has 31 heavy (non-hydrogen) atoms. The Hall–Kier alpha value is -2.07. The van der Waals surface area contributed by atoms with Gasteiger partial charge < -0.3 is 9.47 Å².